The van der Waals surface area contributed by atoms with Gasteiger partial charge in [0, 0.05) is 28.7 Å². The van der Waals surface area contributed by atoms with Crippen LogP contribution in [0.3, 0.4) is 0 Å². The Hall–Kier alpha value is -2.55. The summed E-state index contributed by atoms with van der Waals surface area (Å²) in [6.07, 6.45) is 0.735. The molecule has 3 nitrogen and oxygen atoms in total. The van der Waals surface area contributed by atoms with E-state index >= 15 is 0 Å². The van der Waals surface area contributed by atoms with Crippen molar-refractivity contribution >= 4 is 17.3 Å². The summed E-state index contributed by atoms with van der Waals surface area (Å²) in [7, 11) is 0. The molecule has 3 aromatic rings. The molecule has 0 atom stereocenters. The summed E-state index contributed by atoms with van der Waals surface area (Å²) in [6, 6.07) is 16.5. The number of fused-ring (bicyclic) bond motifs is 1. The smallest absolute Gasteiger partial charge is 0.207 e. The number of aromatic amines is 1. The molecule has 22 heavy (non-hydrogen) atoms. The van der Waals surface area contributed by atoms with Gasteiger partial charge in [0.25, 0.3) is 0 Å². The van der Waals surface area contributed by atoms with Gasteiger partial charge in [0.1, 0.15) is 0 Å². The van der Waals surface area contributed by atoms with Crippen molar-refractivity contribution in [1.82, 2.24) is 10.3 Å². The number of para-hydroxylation sites is 1. The number of H-pyrrole nitrogens is 1. The molecule has 1 amide bonds. The molecule has 0 aliphatic rings. The maximum Gasteiger partial charge on any atom is 0.207 e. The van der Waals surface area contributed by atoms with E-state index in [2.05, 4.69) is 35.4 Å². The Bertz CT molecular complexity index is 759. The summed E-state index contributed by atoms with van der Waals surface area (Å²) >= 11 is 0. The standard InChI is InChI=1S/C17H16N2O.C2H6/c1-12-17(15-8-4-5-9-16(15)19-12)14-7-3-2-6-13(14)10-18-11-20;1-2/h2-9,11,19H,10H2,1H3,(H,18,20);1-2H3. The van der Waals surface area contributed by atoms with Crippen LogP contribution < -0.4 is 5.32 Å². The minimum absolute atomic E-state index is 0.540. The molecule has 2 aromatic carbocycles. The number of hydrogen-bond donors (Lipinski definition) is 2. The van der Waals surface area contributed by atoms with Gasteiger partial charge < -0.3 is 10.3 Å². The number of carbonyl (C=O) groups is 1. The molecule has 0 spiro atoms. The zero-order valence-electron chi connectivity index (χ0n) is 13.3. The van der Waals surface area contributed by atoms with Crippen molar-refractivity contribution in [3.8, 4) is 11.1 Å². The Balaban J connectivity index is 0.000000847. The number of aryl methyl sites for hydroxylation is 1. The van der Waals surface area contributed by atoms with Crippen LogP contribution in [-0.2, 0) is 11.3 Å². The van der Waals surface area contributed by atoms with Crippen LogP contribution in [0.25, 0.3) is 22.0 Å². The first-order valence-corrected chi connectivity index (χ1v) is 7.64. The number of amides is 1. The third-order valence-electron chi connectivity index (χ3n) is 3.56. The van der Waals surface area contributed by atoms with Gasteiger partial charge in [0.05, 0.1) is 0 Å². The number of rotatable bonds is 4. The van der Waals surface area contributed by atoms with Gasteiger partial charge in [-0.1, -0.05) is 56.3 Å². The number of benzene rings is 2. The number of hydrogen-bond acceptors (Lipinski definition) is 1. The van der Waals surface area contributed by atoms with Gasteiger partial charge in [0.15, 0.2) is 0 Å². The second-order valence-corrected chi connectivity index (χ2v) is 4.83. The van der Waals surface area contributed by atoms with Crippen LogP contribution in [0.1, 0.15) is 25.1 Å². The summed E-state index contributed by atoms with van der Waals surface area (Å²) < 4.78 is 0. The van der Waals surface area contributed by atoms with Crippen molar-refractivity contribution in [3.63, 3.8) is 0 Å². The number of aromatic nitrogens is 1. The van der Waals surface area contributed by atoms with E-state index < -0.39 is 0 Å². The van der Waals surface area contributed by atoms with Gasteiger partial charge >= 0.3 is 0 Å². The van der Waals surface area contributed by atoms with E-state index in [4.69, 9.17) is 0 Å². The van der Waals surface area contributed by atoms with Crippen LogP contribution >= 0.6 is 0 Å². The molecule has 0 unspecified atom stereocenters. The highest BCUT2D eigenvalue weighted by molar-refractivity contribution is 5.98. The molecule has 0 saturated heterocycles. The van der Waals surface area contributed by atoms with E-state index in [1.54, 1.807) is 0 Å². The molecular weight excluding hydrogens is 272 g/mol. The molecule has 0 aliphatic heterocycles. The van der Waals surface area contributed by atoms with Gasteiger partial charge in [-0.3, -0.25) is 4.79 Å². The van der Waals surface area contributed by atoms with Crippen LogP contribution in [0.15, 0.2) is 48.5 Å². The topological polar surface area (TPSA) is 44.9 Å². The van der Waals surface area contributed by atoms with Crippen molar-refractivity contribution in [2.75, 3.05) is 0 Å². The van der Waals surface area contributed by atoms with Gasteiger partial charge in [-0.2, -0.15) is 0 Å². The summed E-state index contributed by atoms with van der Waals surface area (Å²) in [6.45, 7) is 6.62. The summed E-state index contributed by atoms with van der Waals surface area (Å²) in [5.41, 5.74) is 5.77. The highest BCUT2D eigenvalue weighted by Gasteiger charge is 2.12. The lowest BCUT2D eigenvalue weighted by molar-refractivity contribution is -0.109. The van der Waals surface area contributed by atoms with Gasteiger partial charge in [-0.05, 0) is 24.1 Å². The van der Waals surface area contributed by atoms with Crippen LogP contribution in [0.5, 0.6) is 0 Å². The van der Waals surface area contributed by atoms with Crippen molar-refractivity contribution in [2.45, 2.75) is 27.3 Å². The maximum atomic E-state index is 10.5. The highest BCUT2D eigenvalue weighted by atomic mass is 16.1. The van der Waals surface area contributed by atoms with Crippen molar-refractivity contribution in [2.24, 2.45) is 0 Å². The predicted octanol–water partition coefficient (Wildman–Crippen LogP) is 4.42. The molecule has 3 heteroatoms. The number of carbonyl (C=O) groups excluding carboxylic acids is 1. The lowest BCUT2D eigenvalue weighted by Gasteiger charge is -2.09. The minimum Gasteiger partial charge on any atom is -0.358 e. The van der Waals surface area contributed by atoms with Crippen LogP contribution in [0.2, 0.25) is 0 Å². The fourth-order valence-electron chi connectivity index (χ4n) is 2.69. The lowest BCUT2D eigenvalue weighted by Crippen LogP contribution is -2.10. The van der Waals surface area contributed by atoms with Crippen LogP contribution in [0.4, 0.5) is 0 Å². The minimum atomic E-state index is 0.540. The molecule has 114 valence electrons. The fraction of sp³-hybridized carbons (Fsp3) is 0.211. The van der Waals surface area contributed by atoms with E-state index in [1.165, 1.54) is 10.9 Å². The summed E-state index contributed by atoms with van der Waals surface area (Å²) in [4.78, 5) is 14.0. The molecule has 1 heterocycles. The first-order valence-electron chi connectivity index (χ1n) is 7.64. The van der Waals surface area contributed by atoms with Gasteiger partial charge in [0.2, 0.25) is 6.41 Å². The van der Waals surface area contributed by atoms with Gasteiger partial charge in [-0.15, -0.1) is 0 Å². The molecule has 2 N–H and O–H groups in total. The lowest BCUT2D eigenvalue weighted by atomic mass is 9.97. The molecule has 0 radical (unpaired) electrons. The normalized spacial score (nSPS) is 9.95. The third-order valence-corrected chi connectivity index (χ3v) is 3.56. The van der Waals surface area contributed by atoms with Crippen molar-refractivity contribution in [3.05, 3.63) is 59.8 Å². The maximum absolute atomic E-state index is 10.5. The average Bonchev–Trinajstić information content (AvgIpc) is 2.91. The van der Waals surface area contributed by atoms with E-state index in [0.717, 1.165) is 28.7 Å². The van der Waals surface area contributed by atoms with Crippen LogP contribution in [0, 0.1) is 6.92 Å². The summed E-state index contributed by atoms with van der Waals surface area (Å²) in [5, 5.41) is 3.96. The Morgan fingerprint density at radius 1 is 1.05 bits per heavy atom. The fourth-order valence-corrected chi connectivity index (χ4v) is 2.69. The Kier molecular flexibility index (Phi) is 5.37. The van der Waals surface area contributed by atoms with Gasteiger partial charge in [-0.25, -0.2) is 0 Å². The molecular formula is C19H22N2O. The van der Waals surface area contributed by atoms with E-state index in [-0.39, 0.29) is 0 Å². The first-order chi connectivity index (χ1) is 10.8. The van der Waals surface area contributed by atoms with Crippen molar-refractivity contribution < 1.29 is 4.79 Å². The van der Waals surface area contributed by atoms with Crippen molar-refractivity contribution in [1.29, 1.82) is 0 Å². The SMILES string of the molecule is CC.Cc1[nH]c2ccccc2c1-c1ccccc1CNC=O. The van der Waals surface area contributed by atoms with E-state index in [9.17, 15) is 4.79 Å². The van der Waals surface area contributed by atoms with E-state index in [1.807, 2.05) is 44.2 Å². The Labute approximate surface area is 131 Å². The summed E-state index contributed by atoms with van der Waals surface area (Å²) in [5.74, 6) is 0. The monoisotopic (exact) mass is 294 g/mol. The second kappa shape index (κ2) is 7.46. The zero-order valence-corrected chi connectivity index (χ0v) is 13.3. The molecule has 0 saturated carbocycles. The van der Waals surface area contributed by atoms with E-state index in [0.29, 0.717) is 6.54 Å². The average molecular weight is 294 g/mol. The molecule has 0 fully saturated rings. The largest absolute Gasteiger partial charge is 0.358 e. The predicted molar refractivity (Wildman–Crippen MR) is 92.7 cm³/mol. The first kappa shape index (κ1) is 15.8. The Morgan fingerprint density at radius 3 is 2.50 bits per heavy atom. The quantitative estimate of drug-likeness (QED) is 0.688. The van der Waals surface area contributed by atoms with Crippen LogP contribution in [-0.4, -0.2) is 11.4 Å². The number of nitrogens with one attached hydrogen (secondary N) is 2. The Morgan fingerprint density at radius 2 is 1.73 bits per heavy atom. The molecule has 3 rings (SSSR count). The third kappa shape index (κ3) is 3.03. The zero-order chi connectivity index (χ0) is 15.9. The molecule has 0 bridgehead atoms. The molecule has 1 aromatic heterocycles. The second-order valence-electron chi connectivity index (χ2n) is 4.83. The molecule has 0 aliphatic carbocycles. The highest BCUT2D eigenvalue weighted by Crippen LogP contribution is 2.33.